The number of anilines is 1. The van der Waals surface area contributed by atoms with Gasteiger partial charge < -0.3 is 15.8 Å². The molecule has 0 aliphatic rings. The second-order valence-electron chi connectivity index (χ2n) is 4.74. The molecule has 0 radical (unpaired) electrons. The van der Waals surface area contributed by atoms with Crippen molar-refractivity contribution in [2.45, 2.75) is 19.3 Å². The topological polar surface area (TPSA) is 94.3 Å². The summed E-state index contributed by atoms with van der Waals surface area (Å²) in [7, 11) is 0. The molecule has 0 atom stereocenters. The zero-order chi connectivity index (χ0) is 16.7. The smallest absolute Gasteiger partial charge is 0.226 e. The first kappa shape index (κ1) is 17.4. The van der Waals surface area contributed by atoms with Crippen molar-refractivity contribution >= 4 is 44.2 Å². The lowest BCUT2D eigenvalue weighted by atomic mass is 10.3. The number of primary amides is 1. The van der Waals surface area contributed by atoms with Crippen LogP contribution in [0.3, 0.4) is 0 Å². The highest BCUT2D eigenvalue weighted by Crippen LogP contribution is 2.17. The number of halogens is 1. The van der Waals surface area contributed by atoms with Gasteiger partial charge in [0.05, 0.1) is 18.7 Å². The van der Waals surface area contributed by atoms with Gasteiger partial charge in [0.15, 0.2) is 5.13 Å². The number of hydrogen-bond donors (Lipinski definition) is 2. The molecule has 0 aliphatic heterocycles. The molecule has 2 aromatic rings. The fraction of sp³-hybridized carbons (Fsp3) is 0.267. The fourth-order valence-electron chi connectivity index (χ4n) is 1.76. The van der Waals surface area contributed by atoms with E-state index in [-0.39, 0.29) is 12.3 Å². The predicted molar refractivity (Wildman–Crippen MR) is 92.5 cm³/mol. The Hall–Kier alpha value is -1.93. The summed E-state index contributed by atoms with van der Waals surface area (Å²) < 4.78 is 6.53. The largest absolute Gasteiger partial charge is 0.494 e. The molecule has 6 nitrogen and oxygen atoms in total. The van der Waals surface area contributed by atoms with Gasteiger partial charge in [-0.1, -0.05) is 15.9 Å². The molecule has 2 rings (SSSR count). The number of rotatable bonds is 8. The van der Waals surface area contributed by atoms with Gasteiger partial charge in [-0.3, -0.25) is 9.59 Å². The number of thiazole rings is 1. The van der Waals surface area contributed by atoms with E-state index in [4.69, 9.17) is 10.5 Å². The molecule has 1 aromatic carbocycles. The maximum absolute atomic E-state index is 11.8. The molecular weight excluding hydrogens is 382 g/mol. The van der Waals surface area contributed by atoms with Gasteiger partial charge in [0.1, 0.15) is 5.75 Å². The van der Waals surface area contributed by atoms with E-state index >= 15 is 0 Å². The van der Waals surface area contributed by atoms with Gasteiger partial charge in [-0.25, -0.2) is 4.98 Å². The molecule has 122 valence electrons. The van der Waals surface area contributed by atoms with Crippen molar-refractivity contribution in [1.29, 1.82) is 0 Å². The van der Waals surface area contributed by atoms with Gasteiger partial charge in [-0.2, -0.15) is 0 Å². The zero-order valence-electron chi connectivity index (χ0n) is 12.3. The van der Waals surface area contributed by atoms with Crippen molar-refractivity contribution in [3.05, 3.63) is 39.8 Å². The summed E-state index contributed by atoms with van der Waals surface area (Å²) in [5.74, 6) is 0.187. The van der Waals surface area contributed by atoms with Crippen molar-refractivity contribution in [2.24, 2.45) is 5.73 Å². The number of benzene rings is 1. The number of amides is 2. The first-order chi connectivity index (χ1) is 11.0. The number of carbonyl (C=O) groups is 2. The van der Waals surface area contributed by atoms with Crippen LogP contribution in [0.2, 0.25) is 0 Å². The van der Waals surface area contributed by atoms with E-state index in [9.17, 15) is 9.59 Å². The minimum Gasteiger partial charge on any atom is -0.494 e. The first-order valence-electron chi connectivity index (χ1n) is 6.94. The van der Waals surface area contributed by atoms with Crippen molar-refractivity contribution < 1.29 is 14.3 Å². The second kappa shape index (κ2) is 8.64. The van der Waals surface area contributed by atoms with Crippen LogP contribution < -0.4 is 15.8 Å². The lowest BCUT2D eigenvalue weighted by molar-refractivity contribution is -0.117. The lowest BCUT2D eigenvalue weighted by Crippen LogP contribution is -2.15. The molecule has 0 spiro atoms. The van der Waals surface area contributed by atoms with Gasteiger partial charge >= 0.3 is 0 Å². The van der Waals surface area contributed by atoms with Crippen LogP contribution in [0.4, 0.5) is 5.13 Å². The predicted octanol–water partition coefficient (Wildman–Crippen LogP) is 2.73. The summed E-state index contributed by atoms with van der Waals surface area (Å²) in [5, 5.41) is 4.87. The van der Waals surface area contributed by atoms with Gasteiger partial charge in [0.25, 0.3) is 0 Å². The summed E-state index contributed by atoms with van der Waals surface area (Å²) >= 11 is 4.62. The van der Waals surface area contributed by atoms with E-state index in [1.54, 1.807) is 5.38 Å². The summed E-state index contributed by atoms with van der Waals surface area (Å²) in [4.78, 5) is 26.7. The van der Waals surface area contributed by atoms with Gasteiger partial charge in [-0.15, -0.1) is 11.3 Å². The first-order valence-corrected chi connectivity index (χ1v) is 8.61. The third-order valence-corrected chi connectivity index (χ3v) is 4.12. The minimum absolute atomic E-state index is 0.0768. The summed E-state index contributed by atoms with van der Waals surface area (Å²) in [5.41, 5.74) is 5.66. The normalized spacial score (nSPS) is 10.3. The molecule has 0 aliphatic carbocycles. The van der Waals surface area contributed by atoms with E-state index in [1.807, 2.05) is 24.3 Å². The average Bonchev–Trinajstić information content (AvgIpc) is 2.91. The highest BCUT2D eigenvalue weighted by atomic mass is 79.9. The van der Waals surface area contributed by atoms with Crippen LogP contribution in [0.25, 0.3) is 0 Å². The van der Waals surface area contributed by atoms with Crippen LogP contribution in [-0.2, 0) is 16.0 Å². The van der Waals surface area contributed by atoms with Gasteiger partial charge in [0.2, 0.25) is 11.8 Å². The number of carbonyl (C=O) groups excluding carboxylic acids is 2. The van der Waals surface area contributed by atoms with Gasteiger partial charge in [-0.05, 0) is 30.7 Å². The van der Waals surface area contributed by atoms with E-state index in [0.717, 1.165) is 10.2 Å². The molecule has 1 aromatic heterocycles. The Morgan fingerprint density at radius 1 is 1.30 bits per heavy atom. The van der Waals surface area contributed by atoms with Gasteiger partial charge in [0, 0.05) is 16.3 Å². The molecule has 0 fully saturated rings. The standard InChI is InChI=1S/C15H16BrN3O3S/c16-10-3-5-12(6-4-10)22-7-1-2-14(21)19-15-18-11(9-23-15)8-13(17)20/h3-6,9H,1-2,7-8H2,(H2,17,20)(H,18,19,21). The molecule has 3 N–H and O–H groups in total. The van der Waals surface area contributed by atoms with E-state index in [1.165, 1.54) is 11.3 Å². The Bertz CT molecular complexity index is 673. The van der Waals surface area contributed by atoms with Crippen LogP contribution >= 0.6 is 27.3 Å². The quantitative estimate of drug-likeness (QED) is 0.669. The van der Waals surface area contributed by atoms with E-state index in [2.05, 4.69) is 26.2 Å². The van der Waals surface area contributed by atoms with Crippen LogP contribution in [-0.4, -0.2) is 23.4 Å². The lowest BCUT2D eigenvalue weighted by Gasteiger charge is -2.06. The van der Waals surface area contributed by atoms with Crippen LogP contribution in [0, 0.1) is 0 Å². The van der Waals surface area contributed by atoms with E-state index in [0.29, 0.717) is 30.3 Å². The van der Waals surface area contributed by atoms with Crippen molar-refractivity contribution in [3.8, 4) is 5.75 Å². The Morgan fingerprint density at radius 3 is 2.74 bits per heavy atom. The summed E-state index contributed by atoms with van der Waals surface area (Å²) in [6, 6.07) is 7.52. The number of nitrogens with zero attached hydrogens (tertiary/aromatic N) is 1. The maximum atomic E-state index is 11.8. The number of ether oxygens (including phenoxy) is 1. The second-order valence-corrected chi connectivity index (χ2v) is 6.51. The van der Waals surface area contributed by atoms with Crippen molar-refractivity contribution in [3.63, 3.8) is 0 Å². The molecule has 23 heavy (non-hydrogen) atoms. The molecule has 8 heteroatoms. The third-order valence-electron chi connectivity index (χ3n) is 2.78. The number of hydrogen-bond acceptors (Lipinski definition) is 5. The number of nitrogens with two attached hydrogens (primary N) is 1. The SMILES string of the molecule is NC(=O)Cc1csc(NC(=O)CCCOc2ccc(Br)cc2)n1. The Kier molecular flexibility index (Phi) is 6.54. The number of nitrogens with one attached hydrogen (secondary N) is 1. The molecule has 0 unspecified atom stereocenters. The fourth-order valence-corrected chi connectivity index (χ4v) is 2.75. The molecule has 1 heterocycles. The van der Waals surface area contributed by atoms with Crippen molar-refractivity contribution in [1.82, 2.24) is 4.98 Å². The zero-order valence-corrected chi connectivity index (χ0v) is 14.7. The molecule has 0 bridgehead atoms. The van der Waals surface area contributed by atoms with Crippen molar-refractivity contribution in [2.75, 3.05) is 11.9 Å². The maximum Gasteiger partial charge on any atom is 0.226 e. The molecular formula is C15H16BrN3O3S. The molecule has 0 saturated heterocycles. The highest BCUT2D eigenvalue weighted by molar-refractivity contribution is 9.10. The molecule has 2 amide bonds. The van der Waals surface area contributed by atoms with Crippen LogP contribution in [0.5, 0.6) is 5.75 Å². The number of aromatic nitrogens is 1. The Morgan fingerprint density at radius 2 is 2.04 bits per heavy atom. The monoisotopic (exact) mass is 397 g/mol. The third kappa shape index (κ3) is 6.37. The Labute approximate surface area is 146 Å². The van der Waals surface area contributed by atoms with E-state index < -0.39 is 5.91 Å². The van der Waals surface area contributed by atoms with Crippen LogP contribution in [0.15, 0.2) is 34.1 Å². The molecule has 0 saturated carbocycles. The minimum atomic E-state index is -0.446. The summed E-state index contributed by atoms with van der Waals surface area (Å²) in [6.07, 6.45) is 1.01. The summed E-state index contributed by atoms with van der Waals surface area (Å²) in [6.45, 7) is 0.458. The highest BCUT2D eigenvalue weighted by Gasteiger charge is 2.08. The van der Waals surface area contributed by atoms with Crippen LogP contribution in [0.1, 0.15) is 18.5 Å². The average molecular weight is 398 g/mol. The Balaban J connectivity index is 1.67.